The van der Waals surface area contributed by atoms with Crippen LogP contribution in [0.15, 0.2) is 0 Å². The Balaban J connectivity index is 1.77. The fourth-order valence-electron chi connectivity index (χ4n) is 2.40. The molecule has 0 unspecified atom stereocenters. The van der Waals surface area contributed by atoms with Gasteiger partial charge in [0.1, 0.15) is 0 Å². The zero-order valence-corrected chi connectivity index (χ0v) is 12.0. The first-order chi connectivity index (χ1) is 8.44. The predicted octanol–water partition coefficient (Wildman–Crippen LogP) is 0.648. The summed E-state index contributed by atoms with van der Waals surface area (Å²) in [5.41, 5.74) is 0. The third-order valence-corrected chi connectivity index (χ3v) is 6.03. The first-order valence-corrected chi connectivity index (χ1v) is 8.37. The van der Waals surface area contributed by atoms with Crippen LogP contribution in [0.5, 0.6) is 0 Å². The fraction of sp³-hybridized carbons (Fsp3) is 1.00. The summed E-state index contributed by atoms with van der Waals surface area (Å²) in [7, 11) is -2.93. The second kappa shape index (κ2) is 5.45. The first-order valence-electron chi connectivity index (χ1n) is 6.65. The number of sulfone groups is 1. The fourth-order valence-corrected chi connectivity index (χ4v) is 3.38. The SMILES string of the molecule is CC(C)S(=O)(=O)CCN1CCC2(CC1)OCCO2. The third kappa shape index (κ3) is 3.23. The van der Waals surface area contributed by atoms with Crippen LogP contribution in [0.25, 0.3) is 0 Å². The molecule has 2 fully saturated rings. The van der Waals surface area contributed by atoms with E-state index in [0.29, 0.717) is 19.8 Å². The molecule has 18 heavy (non-hydrogen) atoms. The summed E-state index contributed by atoms with van der Waals surface area (Å²) in [6.45, 7) is 7.17. The van der Waals surface area contributed by atoms with Gasteiger partial charge in [0.05, 0.1) is 24.2 Å². The molecule has 0 radical (unpaired) electrons. The number of rotatable bonds is 4. The molecule has 0 saturated carbocycles. The highest BCUT2D eigenvalue weighted by molar-refractivity contribution is 7.92. The number of hydrogen-bond donors (Lipinski definition) is 0. The number of hydrogen-bond acceptors (Lipinski definition) is 5. The van der Waals surface area contributed by atoms with Crippen LogP contribution in [-0.2, 0) is 19.3 Å². The van der Waals surface area contributed by atoms with Gasteiger partial charge in [-0.05, 0) is 13.8 Å². The van der Waals surface area contributed by atoms with E-state index in [2.05, 4.69) is 4.90 Å². The van der Waals surface area contributed by atoms with E-state index in [0.717, 1.165) is 25.9 Å². The summed E-state index contributed by atoms with van der Waals surface area (Å²) < 4.78 is 34.8. The van der Waals surface area contributed by atoms with Crippen LogP contribution in [0.4, 0.5) is 0 Å². The summed E-state index contributed by atoms with van der Waals surface area (Å²) in [5, 5.41) is -0.282. The molecule has 6 heteroatoms. The molecular formula is C12H23NO4S. The lowest BCUT2D eigenvalue weighted by molar-refractivity contribution is -0.184. The number of piperidine rings is 1. The van der Waals surface area contributed by atoms with Crippen molar-refractivity contribution in [1.82, 2.24) is 4.90 Å². The van der Waals surface area contributed by atoms with Crippen molar-refractivity contribution in [2.75, 3.05) is 38.6 Å². The van der Waals surface area contributed by atoms with Gasteiger partial charge < -0.3 is 14.4 Å². The van der Waals surface area contributed by atoms with Gasteiger partial charge in [-0.25, -0.2) is 8.42 Å². The predicted molar refractivity (Wildman–Crippen MR) is 69.2 cm³/mol. The van der Waals surface area contributed by atoms with Gasteiger partial charge in [-0.15, -0.1) is 0 Å². The highest BCUT2D eigenvalue weighted by atomic mass is 32.2. The summed E-state index contributed by atoms with van der Waals surface area (Å²) in [6, 6.07) is 0. The Labute approximate surface area is 109 Å². The molecule has 0 aromatic carbocycles. The Morgan fingerprint density at radius 2 is 1.72 bits per heavy atom. The minimum atomic E-state index is -2.93. The monoisotopic (exact) mass is 277 g/mol. The van der Waals surface area contributed by atoms with Crippen LogP contribution in [0, 0.1) is 0 Å². The van der Waals surface area contributed by atoms with E-state index in [4.69, 9.17) is 9.47 Å². The van der Waals surface area contributed by atoms with Crippen molar-refractivity contribution in [2.45, 2.75) is 37.7 Å². The molecule has 1 spiro atoms. The van der Waals surface area contributed by atoms with E-state index < -0.39 is 9.84 Å². The van der Waals surface area contributed by atoms with Crippen molar-refractivity contribution >= 4 is 9.84 Å². The van der Waals surface area contributed by atoms with Crippen molar-refractivity contribution in [3.8, 4) is 0 Å². The molecular weight excluding hydrogens is 254 g/mol. The largest absolute Gasteiger partial charge is 0.347 e. The number of likely N-dealkylation sites (tertiary alicyclic amines) is 1. The van der Waals surface area contributed by atoms with Gasteiger partial charge in [0.2, 0.25) is 0 Å². The lowest BCUT2D eigenvalue weighted by Crippen LogP contribution is -2.46. The van der Waals surface area contributed by atoms with Crippen molar-refractivity contribution in [1.29, 1.82) is 0 Å². The molecule has 2 rings (SSSR count). The summed E-state index contributed by atoms with van der Waals surface area (Å²) >= 11 is 0. The highest BCUT2D eigenvalue weighted by Gasteiger charge is 2.39. The molecule has 0 aromatic rings. The van der Waals surface area contributed by atoms with Crippen molar-refractivity contribution in [3.05, 3.63) is 0 Å². The molecule has 2 heterocycles. The average Bonchev–Trinajstić information content (AvgIpc) is 2.77. The maximum absolute atomic E-state index is 11.7. The Kier molecular flexibility index (Phi) is 4.31. The maximum Gasteiger partial charge on any atom is 0.170 e. The van der Waals surface area contributed by atoms with Gasteiger partial charge in [0.25, 0.3) is 0 Å². The van der Waals surface area contributed by atoms with E-state index in [1.807, 2.05) is 0 Å². The Hall–Kier alpha value is -0.170. The van der Waals surface area contributed by atoms with Crippen LogP contribution >= 0.6 is 0 Å². The third-order valence-electron chi connectivity index (χ3n) is 3.84. The molecule has 0 aliphatic carbocycles. The van der Waals surface area contributed by atoms with Gasteiger partial charge >= 0.3 is 0 Å². The minimum Gasteiger partial charge on any atom is -0.347 e. The van der Waals surface area contributed by atoms with Gasteiger partial charge in [-0.3, -0.25) is 0 Å². The van der Waals surface area contributed by atoms with E-state index >= 15 is 0 Å². The first kappa shape index (κ1) is 14.2. The van der Waals surface area contributed by atoms with Crippen LogP contribution in [0.3, 0.4) is 0 Å². The van der Waals surface area contributed by atoms with E-state index in [1.165, 1.54) is 0 Å². The number of nitrogens with zero attached hydrogens (tertiary/aromatic N) is 1. The Morgan fingerprint density at radius 1 is 1.17 bits per heavy atom. The van der Waals surface area contributed by atoms with Gasteiger partial charge in [-0.1, -0.05) is 0 Å². The van der Waals surface area contributed by atoms with Gasteiger partial charge in [0.15, 0.2) is 15.6 Å². The maximum atomic E-state index is 11.7. The van der Waals surface area contributed by atoms with Crippen LogP contribution in [0.2, 0.25) is 0 Å². The summed E-state index contributed by atoms with van der Waals surface area (Å²) in [5.74, 6) is -0.118. The Morgan fingerprint density at radius 3 is 2.22 bits per heavy atom. The van der Waals surface area contributed by atoms with Crippen LogP contribution < -0.4 is 0 Å². The molecule has 5 nitrogen and oxygen atoms in total. The molecule has 2 aliphatic heterocycles. The second-order valence-electron chi connectivity index (χ2n) is 5.36. The zero-order chi connectivity index (χ0) is 13.2. The normalized spacial score (nSPS) is 25.1. The lowest BCUT2D eigenvalue weighted by Gasteiger charge is -2.37. The molecule has 0 bridgehead atoms. The smallest absolute Gasteiger partial charge is 0.170 e. The molecule has 2 saturated heterocycles. The Bertz CT molecular complexity index is 364. The zero-order valence-electron chi connectivity index (χ0n) is 11.2. The van der Waals surface area contributed by atoms with Gasteiger partial charge in [0, 0.05) is 32.5 Å². The molecule has 106 valence electrons. The van der Waals surface area contributed by atoms with Crippen molar-refractivity contribution in [3.63, 3.8) is 0 Å². The van der Waals surface area contributed by atoms with Crippen molar-refractivity contribution < 1.29 is 17.9 Å². The molecule has 0 aromatic heterocycles. The summed E-state index contributed by atoms with van der Waals surface area (Å²) in [4.78, 5) is 2.19. The number of ether oxygens (including phenoxy) is 2. The summed E-state index contributed by atoms with van der Waals surface area (Å²) in [6.07, 6.45) is 1.68. The van der Waals surface area contributed by atoms with E-state index in [-0.39, 0.29) is 16.8 Å². The van der Waals surface area contributed by atoms with Gasteiger partial charge in [-0.2, -0.15) is 0 Å². The molecule has 0 atom stereocenters. The molecule has 0 amide bonds. The topological polar surface area (TPSA) is 55.8 Å². The second-order valence-corrected chi connectivity index (χ2v) is 8.04. The van der Waals surface area contributed by atoms with Crippen LogP contribution in [0.1, 0.15) is 26.7 Å². The molecule has 2 aliphatic rings. The highest BCUT2D eigenvalue weighted by Crippen LogP contribution is 2.31. The quantitative estimate of drug-likeness (QED) is 0.755. The molecule has 0 N–H and O–H groups in total. The van der Waals surface area contributed by atoms with Crippen LogP contribution in [-0.4, -0.2) is 63.0 Å². The van der Waals surface area contributed by atoms with Crippen molar-refractivity contribution in [2.24, 2.45) is 0 Å². The average molecular weight is 277 g/mol. The minimum absolute atomic E-state index is 0.249. The van der Waals surface area contributed by atoms with E-state index in [1.54, 1.807) is 13.8 Å². The van der Waals surface area contributed by atoms with E-state index in [9.17, 15) is 8.42 Å². The standard InChI is InChI=1S/C12H23NO4S/c1-11(2)18(14,15)10-7-13-5-3-12(4-6-13)16-8-9-17-12/h11H,3-10H2,1-2H3. The lowest BCUT2D eigenvalue weighted by atomic mass is 10.0.